The lowest BCUT2D eigenvalue weighted by atomic mass is 9.93. The molecule has 0 unspecified atom stereocenters. The molecule has 4 N–H and O–H groups in total. The van der Waals surface area contributed by atoms with Gasteiger partial charge < -0.3 is 21.1 Å². The van der Waals surface area contributed by atoms with Gasteiger partial charge >= 0.3 is 12.0 Å². The van der Waals surface area contributed by atoms with Gasteiger partial charge in [0.25, 0.3) is 0 Å². The summed E-state index contributed by atoms with van der Waals surface area (Å²) >= 11 is 12.3. The molecule has 2 atom stereocenters. The molecule has 2 aromatic carbocycles. The van der Waals surface area contributed by atoms with Crippen LogP contribution in [0.15, 0.2) is 36.4 Å². The third-order valence-corrected chi connectivity index (χ3v) is 4.69. The van der Waals surface area contributed by atoms with Gasteiger partial charge in [0.05, 0.1) is 6.04 Å². The van der Waals surface area contributed by atoms with E-state index in [1.165, 1.54) is 0 Å². The Bertz CT molecular complexity index is 856. The number of carbonyl (C=O) groups is 2. The van der Waals surface area contributed by atoms with Crippen LogP contribution in [0.4, 0.5) is 16.2 Å². The van der Waals surface area contributed by atoms with Crippen molar-refractivity contribution in [2.45, 2.75) is 25.4 Å². The Balaban J connectivity index is 1.83. The summed E-state index contributed by atoms with van der Waals surface area (Å²) < 4.78 is 0. The lowest BCUT2D eigenvalue weighted by Gasteiger charge is -2.32. The molecule has 0 spiro atoms. The van der Waals surface area contributed by atoms with E-state index >= 15 is 0 Å². The van der Waals surface area contributed by atoms with E-state index in [4.69, 9.17) is 23.2 Å². The summed E-state index contributed by atoms with van der Waals surface area (Å²) in [5.41, 5.74) is 2.84. The zero-order valence-corrected chi connectivity index (χ0v) is 15.4. The standard InChI is InChI=1S/C18H17Cl2N3O3/c1-9-2-4-11(5-3-9)21-18(26)23-14-8-15(17(24)25)22-13-7-10(19)6-12(20)16(13)14/h2-7,14-15,22H,8H2,1H3,(H,24,25)(H2,21,23,26)/t14-,15+/m0/s1. The van der Waals surface area contributed by atoms with Gasteiger partial charge in [0, 0.05) is 33.4 Å². The van der Waals surface area contributed by atoms with Crippen LogP contribution in [-0.2, 0) is 4.79 Å². The fourth-order valence-corrected chi connectivity index (χ4v) is 3.54. The molecule has 0 saturated heterocycles. The molecule has 1 aliphatic heterocycles. The molecule has 0 bridgehead atoms. The van der Waals surface area contributed by atoms with Crippen LogP contribution in [-0.4, -0.2) is 23.1 Å². The highest BCUT2D eigenvalue weighted by Gasteiger charge is 2.33. The average molecular weight is 394 g/mol. The molecule has 1 heterocycles. The summed E-state index contributed by atoms with van der Waals surface area (Å²) in [6.45, 7) is 1.95. The van der Waals surface area contributed by atoms with Crippen molar-refractivity contribution < 1.29 is 14.7 Å². The Hall–Kier alpha value is -2.44. The van der Waals surface area contributed by atoms with Crippen molar-refractivity contribution in [3.63, 3.8) is 0 Å². The first-order valence-corrected chi connectivity index (χ1v) is 8.71. The van der Waals surface area contributed by atoms with E-state index in [9.17, 15) is 14.7 Å². The first-order valence-electron chi connectivity index (χ1n) is 7.96. The lowest BCUT2D eigenvalue weighted by molar-refractivity contribution is -0.138. The van der Waals surface area contributed by atoms with Gasteiger partial charge in [0.15, 0.2) is 0 Å². The number of fused-ring (bicyclic) bond motifs is 1. The molecule has 0 aliphatic carbocycles. The van der Waals surface area contributed by atoms with Crippen LogP contribution in [0.25, 0.3) is 0 Å². The van der Waals surface area contributed by atoms with Gasteiger partial charge in [-0.15, -0.1) is 0 Å². The SMILES string of the molecule is Cc1ccc(NC(=O)N[C@H]2C[C@H](C(=O)O)Nc3cc(Cl)cc(Cl)c32)cc1. The number of carbonyl (C=O) groups excluding carboxylic acids is 1. The fourth-order valence-electron chi connectivity index (χ4n) is 2.91. The number of aliphatic carboxylic acids is 1. The maximum absolute atomic E-state index is 12.4. The van der Waals surface area contributed by atoms with Crippen LogP contribution in [0.1, 0.15) is 23.6 Å². The molecule has 6 nitrogen and oxygen atoms in total. The third kappa shape index (κ3) is 4.03. The zero-order chi connectivity index (χ0) is 18.8. The Kier molecular flexibility index (Phi) is 5.25. The summed E-state index contributed by atoms with van der Waals surface area (Å²) in [7, 11) is 0. The van der Waals surface area contributed by atoms with Crippen molar-refractivity contribution >= 4 is 46.6 Å². The van der Waals surface area contributed by atoms with Crippen LogP contribution in [0.3, 0.4) is 0 Å². The van der Waals surface area contributed by atoms with Gasteiger partial charge in [-0.1, -0.05) is 40.9 Å². The van der Waals surface area contributed by atoms with Crippen LogP contribution >= 0.6 is 23.2 Å². The number of hydrogen-bond acceptors (Lipinski definition) is 3. The fraction of sp³-hybridized carbons (Fsp3) is 0.222. The molecule has 136 valence electrons. The number of benzene rings is 2. The summed E-state index contributed by atoms with van der Waals surface area (Å²) in [6, 6.07) is 8.65. The van der Waals surface area contributed by atoms with Crippen molar-refractivity contribution in [2.24, 2.45) is 0 Å². The molecule has 0 aromatic heterocycles. The van der Waals surface area contributed by atoms with Gasteiger partial charge in [-0.2, -0.15) is 0 Å². The predicted octanol–water partition coefficient (Wildman–Crippen LogP) is 4.43. The average Bonchev–Trinajstić information content (AvgIpc) is 2.55. The minimum atomic E-state index is -1.02. The Morgan fingerprint density at radius 2 is 1.88 bits per heavy atom. The molecule has 2 amide bonds. The van der Waals surface area contributed by atoms with Crippen LogP contribution in [0.2, 0.25) is 10.0 Å². The van der Waals surface area contributed by atoms with Gasteiger partial charge in [-0.25, -0.2) is 9.59 Å². The molecule has 0 fully saturated rings. The van der Waals surface area contributed by atoms with Crippen molar-refractivity contribution in [1.82, 2.24) is 5.32 Å². The number of hydrogen-bond donors (Lipinski definition) is 4. The number of anilines is 2. The van der Waals surface area contributed by atoms with Gasteiger partial charge in [-0.3, -0.25) is 0 Å². The highest BCUT2D eigenvalue weighted by molar-refractivity contribution is 6.35. The Morgan fingerprint density at radius 3 is 2.54 bits per heavy atom. The molecule has 0 radical (unpaired) electrons. The molecule has 26 heavy (non-hydrogen) atoms. The monoisotopic (exact) mass is 393 g/mol. The van der Waals surface area contributed by atoms with E-state index < -0.39 is 24.1 Å². The second-order valence-electron chi connectivity index (χ2n) is 6.14. The van der Waals surface area contributed by atoms with Crippen LogP contribution in [0, 0.1) is 6.92 Å². The van der Waals surface area contributed by atoms with Crippen molar-refractivity contribution in [3.8, 4) is 0 Å². The van der Waals surface area contributed by atoms with Gasteiger partial charge in [0.1, 0.15) is 6.04 Å². The van der Waals surface area contributed by atoms with E-state index in [1.807, 2.05) is 19.1 Å². The number of carboxylic acids is 1. The predicted molar refractivity (Wildman–Crippen MR) is 102 cm³/mol. The number of rotatable bonds is 3. The van der Waals surface area contributed by atoms with Gasteiger partial charge in [0.2, 0.25) is 0 Å². The van der Waals surface area contributed by atoms with E-state index in [1.54, 1.807) is 24.3 Å². The molecule has 3 rings (SSSR count). The van der Waals surface area contributed by atoms with E-state index in [0.29, 0.717) is 27.0 Å². The smallest absolute Gasteiger partial charge is 0.326 e. The second kappa shape index (κ2) is 7.43. The summed E-state index contributed by atoms with van der Waals surface area (Å²) in [5, 5.41) is 18.5. The largest absolute Gasteiger partial charge is 0.480 e. The summed E-state index contributed by atoms with van der Waals surface area (Å²) in [5.74, 6) is -1.02. The maximum atomic E-state index is 12.4. The quantitative estimate of drug-likeness (QED) is 0.620. The lowest BCUT2D eigenvalue weighted by Crippen LogP contribution is -2.42. The summed E-state index contributed by atoms with van der Waals surface area (Å²) in [6.07, 6.45) is 0.158. The zero-order valence-electron chi connectivity index (χ0n) is 13.8. The molecular formula is C18H17Cl2N3O3. The Morgan fingerprint density at radius 1 is 1.19 bits per heavy atom. The molecule has 1 aliphatic rings. The highest BCUT2D eigenvalue weighted by atomic mass is 35.5. The van der Waals surface area contributed by atoms with Crippen LogP contribution in [0.5, 0.6) is 0 Å². The second-order valence-corrected chi connectivity index (χ2v) is 6.98. The number of aryl methyl sites for hydroxylation is 1. The molecule has 2 aromatic rings. The molecular weight excluding hydrogens is 377 g/mol. The maximum Gasteiger partial charge on any atom is 0.326 e. The minimum absolute atomic E-state index is 0.158. The van der Waals surface area contributed by atoms with E-state index in [-0.39, 0.29) is 6.42 Å². The Labute approximate surface area is 160 Å². The number of halogens is 2. The van der Waals surface area contributed by atoms with E-state index in [0.717, 1.165) is 5.56 Å². The normalized spacial score (nSPS) is 18.4. The number of carboxylic acid groups (broad SMARTS) is 1. The van der Waals surface area contributed by atoms with Crippen LogP contribution < -0.4 is 16.0 Å². The number of urea groups is 1. The third-order valence-electron chi connectivity index (χ3n) is 4.16. The molecule has 0 saturated carbocycles. The van der Waals surface area contributed by atoms with Gasteiger partial charge in [-0.05, 0) is 31.2 Å². The first-order chi connectivity index (χ1) is 12.3. The van der Waals surface area contributed by atoms with Crippen molar-refractivity contribution in [1.29, 1.82) is 0 Å². The summed E-state index contributed by atoms with van der Waals surface area (Å²) in [4.78, 5) is 23.8. The number of nitrogens with one attached hydrogen (secondary N) is 3. The minimum Gasteiger partial charge on any atom is -0.480 e. The first kappa shape index (κ1) is 18.4. The number of amides is 2. The van der Waals surface area contributed by atoms with Crippen molar-refractivity contribution in [3.05, 3.63) is 57.6 Å². The van der Waals surface area contributed by atoms with Crippen molar-refractivity contribution in [2.75, 3.05) is 10.6 Å². The highest BCUT2D eigenvalue weighted by Crippen LogP contribution is 2.39. The molecule has 8 heteroatoms. The topological polar surface area (TPSA) is 90.5 Å². The van der Waals surface area contributed by atoms with E-state index in [2.05, 4.69) is 16.0 Å².